The van der Waals surface area contributed by atoms with Crippen molar-refractivity contribution in [1.29, 1.82) is 0 Å². The number of aromatic nitrogens is 2. The van der Waals surface area contributed by atoms with Crippen LogP contribution in [0.15, 0.2) is 108 Å². The number of fused-ring (bicyclic) bond motifs is 1. The first kappa shape index (κ1) is 19.9. The lowest BCUT2D eigenvalue weighted by Crippen LogP contribution is -2.10. The van der Waals surface area contributed by atoms with Gasteiger partial charge in [-0.25, -0.2) is 15.0 Å². The first-order valence-electron chi connectivity index (χ1n) is 10.2. The predicted octanol–water partition coefficient (Wildman–Crippen LogP) is 6.70. The van der Waals surface area contributed by atoms with Gasteiger partial charge < -0.3 is 5.73 Å². The molecular weight excluding hydrogens is 416 g/mol. The van der Waals surface area contributed by atoms with Crippen LogP contribution in [0.1, 0.15) is 11.3 Å². The summed E-state index contributed by atoms with van der Waals surface area (Å²) in [4.78, 5) is 14.9. The number of nitrogen functional groups attached to an aromatic ring is 1. The van der Waals surface area contributed by atoms with Crippen LogP contribution in [0.4, 0.5) is 11.4 Å². The van der Waals surface area contributed by atoms with Crippen molar-refractivity contribution in [2.75, 3.05) is 5.73 Å². The Morgan fingerprint density at radius 1 is 0.688 bits per heavy atom. The summed E-state index contributed by atoms with van der Waals surface area (Å²) >= 11 is 6.17. The van der Waals surface area contributed by atoms with Crippen LogP contribution in [-0.2, 0) is 0 Å². The number of rotatable bonds is 4. The van der Waals surface area contributed by atoms with Crippen molar-refractivity contribution in [3.05, 3.63) is 119 Å². The number of benzene rings is 4. The number of para-hydroxylation sites is 4. The van der Waals surface area contributed by atoms with E-state index in [0.29, 0.717) is 27.8 Å². The van der Waals surface area contributed by atoms with E-state index in [1.807, 2.05) is 103 Å². The normalized spacial score (nSPS) is 11.6. The molecule has 0 saturated heterocycles. The Morgan fingerprint density at radius 3 is 2.03 bits per heavy atom. The SMILES string of the molecule is Nc1ccccc1N=C(c1ccc(Cl)cc1)c1nc2ccccc2nc1-c1ccccc1. The Labute approximate surface area is 191 Å². The van der Waals surface area contributed by atoms with Crippen LogP contribution in [0.5, 0.6) is 0 Å². The molecule has 1 heterocycles. The van der Waals surface area contributed by atoms with E-state index in [-0.39, 0.29) is 0 Å². The molecule has 0 aliphatic heterocycles. The summed E-state index contributed by atoms with van der Waals surface area (Å²) in [6.07, 6.45) is 0. The molecule has 0 saturated carbocycles. The molecule has 0 fully saturated rings. The molecule has 32 heavy (non-hydrogen) atoms. The topological polar surface area (TPSA) is 64.2 Å². The number of halogens is 1. The largest absolute Gasteiger partial charge is 0.397 e. The zero-order valence-electron chi connectivity index (χ0n) is 17.1. The maximum atomic E-state index is 6.22. The second kappa shape index (κ2) is 8.61. The third-order valence-corrected chi connectivity index (χ3v) is 5.38. The zero-order valence-corrected chi connectivity index (χ0v) is 17.9. The summed E-state index contributed by atoms with van der Waals surface area (Å²) in [5, 5.41) is 0.653. The second-order valence-electron chi connectivity index (χ2n) is 7.30. The van der Waals surface area contributed by atoms with E-state index in [4.69, 9.17) is 32.3 Å². The van der Waals surface area contributed by atoms with Crippen molar-refractivity contribution in [3.63, 3.8) is 0 Å². The van der Waals surface area contributed by atoms with E-state index in [1.165, 1.54) is 0 Å². The second-order valence-corrected chi connectivity index (χ2v) is 7.74. The van der Waals surface area contributed by atoms with Crippen molar-refractivity contribution in [3.8, 4) is 11.3 Å². The van der Waals surface area contributed by atoms with Gasteiger partial charge in [0, 0.05) is 16.1 Å². The van der Waals surface area contributed by atoms with Gasteiger partial charge in [0.15, 0.2) is 0 Å². The van der Waals surface area contributed by atoms with Crippen molar-refractivity contribution in [2.24, 2.45) is 4.99 Å². The van der Waals surface area contributed by atoms with E-state index in [2.05, 4.69) is 0 Å². The lowest BCUT2D eigenvalue weighted by molar-refractivity contribution is 1.26. The Hall–Kier alpha value is -4.02. The summed E-state index contributed by atoms with van der Waals surface area (Å²) in [6, 6.07) is 32.9. The average molecular weight is 435 g/mol. The molecule has 1 aromatic heterocycles. The van der Waals surface area contributed by atoms with E-state index in [9.17, 15) is 0 Å². The highest BCUT2D eigenvalue weighted by atomic mass is 35.5. The van der Waals surface area contributed by atoms with Gasteiger partial charge in [0.25, 0.3) is 0 Å². The summed E-state index contributed by atoms with van der Waals surface area (Å²) in [6.45, 7) is 0. The van der Waals surface area contributed by atoms with Crippen molar-refractivity contribution >= 4 is 39.7 Å². The van der Waals surface area contributed by atoms with E-state index >= 15 is 0 Å². The van der Waals surface area contributed by atoms with E-state index < -0.39 is 0 Å². The predicted molar refractivity (Wildman–Crippen MR) is 133 cm³/mol. The minimum Gasteiger partial charge on any atom is -0.397 e. The van der Waals surface area contributed by atoms with Crippen molar-refractivity contribution < 1.29 is 0 Å². The first-order valence-corrected chi connectivity index (χ1v) is 10.6. The van der Waals surface area contributed by atoms with Gasteiger partial charge in [-0.15, -0.1) is 0 Å². The Kier molecular flexibility index (Phi) is 5.36. The third kappa shape index (κ3) is 3.96. The molecule has 4 aromatic carbocycles. The van der Waals surface area contributed by atoms with Crippen LogP contribution >= 0.6 is 11.6 Å². The molecule has 0 aliphatic carbocycles. The van der Waals surface area contributed by atoms with Gasteiger partial charge in [-0.05, 0) is 36.4 Å². The molecule has 0 amide bonds. The monoisotopic (exact) mass is 434 g/mol. The van der Waals surface area contributed by atoms with Crippen LogP contribution in [0, 0.1) is 0 Å². The van der Waals surface area contributed by atoms with Crippen LogP contribution in [0.25, 0.3) is 22.3 Å². The fraction of sp³-hybridized carbons (Fsp3) is 0. The van der Waals surface area contributed by atoms with Gasteiger partial charge in [-0.3, -0.25) is 0 Å². The molecule has 5 aromatic rings. The maximum absolute atomic E-state index is 6.22. The molecule has 0 aliphatic rings. The molecule has 5 heteroatoms. The average Bonchev–Trinajstić information content (AvgIpc) is 2.84. The summed E-state index contributed by atoms with van der Waals surface area (Å²) in [5.74, 6) is 0. The summed E-state index contributed by atoms with van der Waals surface area (Å²) in [7, 11) is 0. The minimum absolute atomic E-state index is 0.592. The number of nitrogens with two attached hydrogens (primary N) is 1. The number of anilines is 1. The Morgan fingerprint density at radius 2 is 1.31 bits per heavy atom. The quantitative estimate of drug-likeness (QED) is 0.253. The molecule has 154 valence electrons. The van der Waals surface area contributed by atoms with Crippen LogP contribution in [0.2, 0.25) is 5.02 Å². The minimum atomic E-state index is 0.592. The van der Waals surface area contributed by atoms with E-state index in [0.717, 1.165) is 27.9 Å². The first-order chi connectivity index (χ1) is 15.7. The van der Waals surface area contributed by atoms with Gasteiger partial charge in [0.05, 0.1) is 33.8 Å². The number of hydrogen-bond acceptors (Lipinski definition) is 4. The smallest absolute Gasteiger partial charge is 0.116 e. The number of aliphatic imine (C=N–C) groups is 1. The fourth-order valence-corrected chi connectivity index (χ4v) is 3.66. The van der Waals surface area contributed by atoms with Crippen molar-refractivity contribution in [1.82, 2.24) is 9.97 Å². The fourth-order valence-electron chi connectivity index (χ4n) is 3.53. The van der Waals surface area contributed by atoms with Gasteiger partial charge >= 0.3 is 0 Å². The van der Waals surface area contributed by atoms with E-state index in [1.54, 1.807) is 0 Å². The molecule has 0 spiro atoms. The number of nitrogens with zero attached hydrogens (tertiary/aromatic N) is 3. The highest BCUT2D eigenvalue weighted by Crippen LogP contribution is 2.29. The van der Waals surface area contributed by atoms with Crippen LogP contribution in [0.3, 0.4) is 0 Å². The Bertz CT molecular complexity index is 1430. The third-order valence-electron chi connectivity index (χ3n) is 5.13. The lowest BCUT2D eigenvalue weighted by atomic mass is 10.0. The molecule has 0 bridgehead atoms. The van der Waals surface area contributed by atoms with Gasteiger partial charge in [-0.2, -0.15) is 0 Å². The summed E-state index contributed by atoms with van der Waals surface area (Å²) in [5.41, 5.74) is 13.1. The highest BCUT2D eigenvalue weighted by Gasteiger charge is 2.19. The number of hydrogen-bond donors (Lipinski definition) is 1. The van der Waals surface area contributed by atoms with Gasteiger partial charge in [0.1, 0.15) is 5.69 Å². The molecule has 2 N–H and O–H groups in total. The molecule has 0 atom stereocenters. The van der Waals surface area contributed by atoms with Gasteiger partial charge in [-0.1, -0.05) is 78.3 Å². The highest BCUT2D eigenvalue weighted by molar-refractivity contribution is 6.30. The molecule has 0 unspecified atom stereocenters. The maximum Gasteiger partial charge on any atom is 0.116 e. The van der Waals surface area contributed by atoms with Crippen LogP contribution in [-0.4, -0.2) is 15.7 Å². The lowest BCUT2D eigenvalue weighted by Gasteiger charge is -2.14. The molecule has 4 nitrogen and oxygen atoms in total. The summed E-state index contributed by atoms with van der Waals surface area (Å²) < 4.78 is 0. The molecule has 5 rings (SSSR count). The Balaban J connectivity index is 1.83. The van der Waals surface area contributed by atoms with Gasteiger partial charge in [0.2, 0.25) is 0 Å². The van der Waals surface area contributed by atoms with Crippen molar-refractivity contribution in [2.45, 2.75) is 0 Å². The van der Waals surface area contributed by atoms with Crippen LogP contribution < -0.4 is 5.73 Å². The molecule has 0 radical (unpaired) electrons. The standard InChI is InChI=1S/C27H19ClN4/c28-20-16-14-19(15-17-20)26(30-22-11-5-4-10-21(22)29)27-25(18-8-2-1-3-9-18)31-23-12-6-7-13-24(23)32-27/h1-17H,29H2. The molecular formula is C27H19ClN4. The zero-order chi connectivity index (χ0) is 21.9.